The van der Waals surface area contributed by atoms with Crippen LogP contribution >= 0.6 is 0 Å². The molecule has 0 bridgehead atoms. The van der Waals surface area contributed by atoms with Gasteiger partial charge in [0, 0.05) is 17.1 Å². The van der Waals surface area contributed by atoms with E-state index in [1.807, 2.05) is 25.3 Å². The van der Waals surface area contributed by atoms with Crippen LogP contribution in [0.15, 0.2) is 24.4 Å². The summed E-state index contributed by atoms with van der Waals surface area (Å²) in [7, 11) is 0. The fourth-order valence-electron chi connectivity index (χ4n) is 2.80. The van der Waals surface area contributed by atoms with Crippen LogP contribution in [0.2, 0.25) is 0 Å². The third-order valence-electron chi connectivity index (χ3n) is 4.10. The molecule has 0 spiro atoms. The number of nitrogens with one attached hydrogen (secondary N) is 2. The van der Waals surface area contributed by atoms with Gasteiger partial charge in [-0.05, 0) is 24.0 Å². The Morgan fingerprint density at radius 2 is 2.04 bits per heavy atom. The van der Waals surface area contributed by atoms with Crippen LogP contribution in [0.5, 0.6) is 0 Å². The van der Waals surface area contributed by atoms with Crippen LogP contribution < -0.4 is 5.32 Å². The third kappa shape index (κ3) is 4.12. The van der Waals surface area contributed by atoms with E-state index in [2.05, 4.69) is 23.3 Å². The number of hydrogen-bond donors (Lipinski definition) is 3. The molecule has 1 aromatic heterocycles. The number of para-hydroxylation sites is 1. The first-order valence-electron chi connectivity index (χ1n) is 8.16. The molecule has 3 N–H and O–H groups in total. The monoisotopic (exact) mass is 316 g/mol. The van der Waals surface area contributed by atoms with E-state index in [0.717, 1.165) is 35.7 Å². The van der Waals surface area contributed by atoms with Crippen LogP contribution in [-0.4, -0.2) is 28.0 Å². The van der Waals surface area contributed by atoms with E-state index in [9.17, 15) is 14.7 Å². The molecule has 5 nitrogen and oxygen atoms in total. The molecule has 5 heteroatoms. The molecule has 0 saturated heterocycles. The fraction of sp³-hybridized carbons (Fsp3) is 0.444. The Morgan fingerprint density at radius 3 is 2.70 bits per heavy atom. The van der Waals surface area contributed by atoms with E-state index >= 15 is 0 Å². The van der Waals surface area contributed by atoms with Crippen molar-refractivity contribution in [1.82, 2.24) is 10.3 Å². The van der Waals surface area contributed by atoms with Crippen molar-refractivity contribution in [3.63, 3.8) is 0 Å². The lowest BCUT2D eigenvalue weighted by atomic mass is 10.0. The topological polar surface area (TPSA) is 82.2 Å². The molecule has 1 amide bonds. The van der Waals surface area contributed by atoms with Crippen LogP contribution in [-0.2, 0) is 22.4 Å². The van der Waals surface area contributed by atoms with Gasteiger partial charge in [0.25, 0.3) is 0 Å². The Labute approximate surface area is 136 Å². The quantitative estimate of drug-likeness (QED) is 0.700. The maximum absolute atomic E-state index is 12.2. The average molecular weight is 316 g/mol. The Kier molecular flexibility index (Phi) is 5.79. The van der Waals surface area contributed by atoms with Gasteiger partial charge in [0.2, 0.25) is 5.91 Å². The lowest BCUT2D eigenvalue weighted by Gasteiger charge is -2.13. The highest BCUT2D eigenvalue weighted by Crippen LogP contribution is 2.22. The normalized spacial score (nSPS) is 12.3. The number of fused-ring (bicyclic) bond motifs is 1. The highest BCUT2D eigenvalue weighted by atomic mass is 16.4. The van der Waals surface area contributed by atoms with Crippen LogP contribution in [0.4, 0.5) is 0 Å². The van der Waals surface area contributed by atoms with Gasteiger partial charge >= 0.3 is 5.97 Å². The summed E-state index contributed by atoms with van der Waals surface area (Å²) >= 11 is 0. The number of carbonyl (C=O) groups excluding carboxylic acids is 1. The molecule has 0 radical (unpaired) electrons. The number of aromatic nitrogens is 1. The molecule has 0 aliphatic carbocycles. The summed E-state index contributed by atoms with van der Waals surface area (Å²) in [5.74, 6) is -1.23. The molecule has 124 valence electrons. The zero-order valence-corrected chi connectivity index (χ0v) is 13.7. The molecular weight excluding hydrogens is 292 g/mol. The zero-order chi connectivity index (χ0) is 16.8. The predicted molar refractivity (Wildman–Crippen MR) is 90.5 cm³/mol. The van der Waals surface area contributed by atoms with Crippen molar-refractivity contribution in [3.8, 4) is 0 Å². The second kappa shape index (κ2) is 7.81. The largest absolute Gasteiger partial charge is 0.480 e. The number of carboxylic acid groups (broad SMARTS) is 1. The molecular formula is C18H24N2O3. The van der Waals surface area contributed by atoms with Crippen molar-refractivity contribution in [1.29, 1.82) is 0 Å². The molecule has 0 unspecified atom stereocenters. The summed E-state index contributed by atoms with van der Waals surface area (Å²) in [6, 6.07) is 5.23. The minimum Gasteiger partial charge on any atom is -0.480 e. The van der Waals surface area contributed by atoms with Gasteiger partial charge in [-0.15, -0.1) is 0 Å². The van der Waals surface area contributed by atoms with Gasteiger partial charge in [-0.3, -0.25) is 4.79 Å². The van der Waals surface area contributed by atoms with E-state index in [1.54, 1.807) is 0 Å². The first-order valence-corrected chi connectivity index (χ1v) is 8.16. The molecule has 1 aromatic carbocycles. The lowest BCUT2D eigenvalue weighted by Crippen LogP contribution is -2.41. The third-order valence-corrected chi connectivity index (χ3v) is 4.10. The molecule has 23 heavy (non-hydrogen) atoms. The SMILES string of the molecule is CCCC[C@H](NC(=O)Cc1c[nH]c2c(CC)cccc12)C(=O)O. The van der Waals surface area contributed by atoms with Crippen LogP contribution in [0.25, 0.3) is 10.9 Å². The van der Waals surface area contributed by atoms with E-state index < -0.39 is 12.0 Å². The average Bonchev–Trinajstić information content (AvgIpc) is 2.94. The molecule has 1 atom stereocenters. The number of H-pyrrole nitrogens is 1. The summed E-state index contributed by atoms with van der Waals surface area (Å²) in [4.78, 5) is 26.6. The molecule has 2 aromatic rings. The van der Waals surface area contributed by atoms with Gasteiger partial charge < -0.3 is 15.4 Å². The number of aryl methyl sites for hydroxylation is 1. The second-order valence-corrected chi connectivity index (χ2v) is 5.78. The number of benzene rings is 1. The number of amides is 1. The maximum atomic E-state index is 12.2. The molecule has 1 heterocycles. The van der Waals surface area contributed by atoms with Crippen molar-refractivity contribution < 1.29 is 14.7 Å². The van der Waals surface area contributed by atoms with E-state index in [1.165, 1.54) is 5.56 Å². The zero-order valence-electron chi connectivity index (χ0n) is 13.7. The highest BCUT2D eigenvalue weighted by molar-refractivity contribution is 5.91. The van der Waals surface area contributed by atoms with Crippen molar-refractivity contribution >= 4 is 22.8 Å². The number of carbonyl (C=O) groups is 2. The van der Waals surface area contributed by atoms with Gasteiger partial charge in [0.15, 0.2) is 0 Å². The van der Waals surface area contributed by atoms with Crippen LogP contribution in [0.1, 0.15) is 44.2 Å². The number of carboxylic acids is 1. The Bertz CT molecular complexity index is 691. The van der Waals surface area contributed by atoms with E-state index in [-0.39, 0.29) is 12.3 Å². The Balaban J connectivity index is 2.09. The number of aliphatic carboxylic acids is 1. The van der Waals surface area contributed by atoms with Crippen molar-refractivity contribution in [2.75, 3.05) is 0 Å². The second-order valence-electron chi connectivity index (χ2n) is 5.78. The summed E-state index contributed by atoms with van der Waals surface area (Å²) in [5.41, 5.74) is 3.16. The molecule has 0 saturated carbocycles. The number of hydrogen-bond acceptors (Lipinski definition) is 2. The first-order chi connectivity index (χ1) is 11.1. The number of aromatic amines is 1. The number of rotatable bonds is 8. The minimum absolute atomic E-state index is 0.184. The Morgan fingerprint density at radius 1 is 1.26 bits per heavy atom. The van der Waals surface area contributed by atoms with E-state index in [4.69, 9.17) is 0 Å². The van der Waals surface area contributed by atoms with Crippen LogP contribution in [0.3, 0.4) is 0 Å². The van der Waals surface area contributed by atoms with Crippen LogP contribution in [0, 0.1) is 0 Å². The molecule has 0 aliphatic heterocycles. The number of unbranched alkanes of at least 4 members (excludes halogenated alkanes) is 1. The maximum Gasteiger partial charge on any atom is 0.326 e. The van der Waals surface area contributed by atoms with Gasteiger partial charge in [0.05, 0.1) is 6.42 Å². The smallest absolute Gasteiger partial charge is 0.326 e. The van der Waals surface area contributed by atoms with Gasteiger partial charge in [-0.2, -0.15) is 0 Å². The van der Waals surface area contributed by atoms with Gasteiger partial charge in [0.1, 0.15) is 6.04 Å². The van der Waals surface area contributed by atoms with Crippen molar-refractivity contribution in [2.45, 2.75) is 52.0 Å². The lowest BCUT2D eigenvalue weighted by molar-refractivity contribution is -0.141. The summed E-state index contributed by atoms with van der Waals surface area (Å²) in [6.07, 6.45) is 5.09. The first kappa shape index (κ1) is 17.1. The molecule has 0 aliphatic rings. The molecule has 0 fully saturated rings. The molecule has 2 rings (SSSR count). The minimum atomic E-state index is -0.973. The van der Waals surface area contributed by atoms with Gasteiger partial charge in [-0.1, -0.05) is 44.9 Å². The standard InChI is InChI=1S/C18H24N2O3/c1-3-5-9-15(18(22)23)20-16(21)10-13-11-19-17-12(4-2)7-6-8-14(13)17/h6-8,11,15,19H,3-5,9-10H2,1-2H3,(H,20,21)(H,22,23)/t15-/m0/s1. The summed E-state index contributed by atoms with van der Waals surface area (Å²) < 4.78 is 0. The van der Waals surface area contributed by atoms with Gasteiger partial charge in [-0.25, -0.2) is 4.79 Å². The predicted octanol–water partition coefficient (Wildman–Crippen LogP) is 3.03. The Hall–Kier alpha value is -2.30. The summed E-state index contributed by atoms with van der Waals surface area (Å²) in [5, 5.41) is 12.9. The summed E-state index contributed by atoms with van der Waals surface area (Å²) in [6.45, 7) is 4.09. The van der Waals surface area contributed by atoms with E-state index in [0.29, 0.717) is 6.42 Å². The fourth-order valence-corrected chi connectivity index (χ4v) is 2.80. The highest BCUT2D eigenvalue weighted by Gasteiger charge is 2.20. The van der Waals surface area contributed by atoms with Crippen molar-refractivity contribution in [2.24, 2.45) is 0 Å². The van der Waals surface area contributed by atoms with Crippen molar-refractivity contribution in [3.05, 3.63) is 35.5 Å².